The number of benzene rings is 2. The summed E-state index contributed by atoms with van der Waals surface area (Å²) in [4.78, 5) is 11.2. The van der Waals surface area contributed by atoms with Gasteiger partial charge in [0.1, 0.15) is 41.1 Å². The van der Waals surface area contributed by atoms with E-state index in [0.717, 1.165) is 41.4 Å². The molecule has 4 rings (SSSR count). The van der Waals surface area contributed by atoms with Gasteiger partial charge in [0.2, 0.25) is 0 Å². The lowest BCUT2D eigenvalue weighted by atomic mass is 10.1. The van der Waals surface area contributed by atoms with E-state index >= 15 is 0 Å². The highest BCUT2D eigenvalue weighted by molar-refractivity contribution is 14.1. The third-order valence-corrected chi connectivity index (χ3v) is 6.58. The van der Waals surface area contributed by atoms with Crippen molar-refractivity contribution in [3.05, 3.63) is 83.8 Å². The van der Waals surface area contributed by atoms with Crippen LogP contribution in [-0.4, -0.2) is 21.1 Å². The molecule has 2 aromatic rings. The van der Waals surface area contributed by atoms with E-state index in [1.165, 1.54) is 0 Å². The van der Waals surface area contributed by atoms with Gasteiger partial charge < -0.3 is 19.3 Å². The maximum Gasteiger partial charge on any atom is 0.311 e. The first-order chi connectivity index (χ1) is 14.5. The number of allylic oxidation sites excluding steroid dienone is 3. The summed E-state index contributed by atoms with van der Waals surface area (Å²) in [5, 5.41) is 9.19. The van der Waals surface area contributed by atoms with Crippen LogP contribution in [0.3, 0.4) is 0 Å². The summed E-state index contributed by atoms with van der Waals surface area (Å²) in [6.45, 7) is 1.99. The molecular weight excluding hydrogens is 495 g/mol. The first-order valence-corrected chi connectivity index (χ1v) is 11.2. The van der Waals surface area contributed by atoms with Crippen LogP contribution in [0.15, 0.2) is 78.3 Å². The van der Waals surface area contributed by atoms with Crippen molar-refractivity contribution in [2.24, 2.45) is 5.92 Å². The number of hydrogen-bond acceptors (Lipinski definition) is 4. The number of carbonyl (C=O) groups is 1. The minimum atomic E-state index is -0.797. The summed E-state index contributed by atoms with van der Waals surface area (Å²) in [6.07, 6.45) is 5.06. The molecule has 30 heavy (non-hydrogen) atoms. The Labute approximate surface area is 189 Å². The fraction of sp³-hybridized carbons (Fsp3) is 0.292. The summed E-state index contributed by atoms with van der Waals surface area (Å²) >= 11 is 2.14. The predicted octanol–water partition coefficient (Wildman–Crippen LogP) is 6.02. The summed E-state index contributed by atoms with van der Waals surface area (Å²) in [6, 6.07) is 17.5. The van der Waals surface area contributed by atoms with E-state index in [9.17, 15) is 9.90 Å². The molecule has 0 spiro atoms. The average molecular weight is 518 g/mol. The van der Waals surface area contributed by atoms with Crippen molar-refractivity contribution in [1.29, 1.82) is 0 Å². The second-order valence-corrected chi connectivity index (χ2v) is 8.83. The number of alkyl halides is 1. The number of ether oxygens (including phenoxy) is 3. The SMILES string of the molecule is CC(OC1=CCCC(O[C@@H]2[C@H](I)[C@H]2C(=O)O)=C1)c1cccc(Oc2ccccc2)c1. The molecule has 0 heterocycles. The molecule has 0 aliphatic heterocycles. The van der Waals surface area contributed by atoms with Crippen molar-refractivity contribution >= 4 is 28.6 Å². The molecule has 1 unspecified atom stereocenters. The molecule has 2 aromatic carbocycles. The lowest BCUT2D eigenvalue weighted by Gasteiger charge is -2.20. The van der Waals surface area contributed by atoms with Gasteiger partial charge in [-0.3, -0.25) is 4.79 Å². The van der Waals surface area contributed by atoms with Gasteiger partial charge in [-0.2, -0.15) is 0 Å². The van der Waals surface area contributed by atoms with Crippen LogP contribution in [-0.2, 0) is 14.3 Å². The van der Waals surface area contributed by atoms with Gasteiger partial charge in [-0.05, 0) is 49.2 Å². The van der Waals surface area contributed by atoms with Crippen molar-refractivity contribution in [1.82, 2.24) is 0 Å². The van der Waals surface area contributed by atoms with Gasteiger partial charge in [0, 0.05) is 12.5 Å². The number of aliphatic carboxylic acids is 1. The zero-order chi connectivity index (χ0) is 21.1. The van der Waals surface area contributed by atoms with Gasteiger partial charge in [-0.15, -0.1) is 0 Å². The highest BCUT2D eigenvalue weighted by Gasteiger charge is 2.56. The third-order valence-electron chi connectivity index (χ3n) is 5.10. The Kier molecular flexibility index (Phi) is 6.32. The first-order valence-electron chi connectivity index (χ1n) is 9.95. The zero-order valence-corrected chi connectivity index (χ0v) is 18.7. The molecule has 2 aliphatic rings. The minimum absolute atomic E-state index is 0.0163. The second kappa shape index (κ2) is 9.12. The summed E-state index contributed by atoms with van der Waals surface area (Å²) in [5.74, 6) is 1.86. The van der Waals surface area contributed by atoms with E-state index in [-0.39, 0.29) is 16.1 Å². The number of rotatable bonds is 8. The molecular formula is C24H23IO5. The molecule has 1 saturated carbocycles. The smallest absolute Gasteiger partial charge is 0.311 e. The average Bonchev–Trinajstić information content (AvgIpc) is 3.38. The van der Waals surface area contributed by atoms with Crippen molar-refractivity contribution in [3.63, 3.8) is 0 Å². The predicted molar refractivity (Wildman–Crippen MR) is 122 cm³/mol. The van der Waals surface area contributed by atoms with Crippen LogP contribution < -0.4 is 4.74 Å². The van der Waals surface area contributed by atoms with Crippen LogP contribution in [0, 0.1) is 5.92 Å². The third kappa shape index (κ3) is 4.98. The summed E-state index contributed by atoms with van der Waals surface area (Å²) in [5.41, 5.74) is 1.01. The van der Waals surface area contributed by atoms with E-state index in [0.29, 0.717) is 0 Å². The van der Waals surface area contributed by atoms with Gasteiger partial charge in [0.15, 0.2) is 0 Å². The quantitative estimate of drug-likeness (QED) is 0.342. The molecule has 0 saturated heterocycles. The van der Waals surface area contributed by atoms with Crippen molar-refractivity contribution in [2.45, 2.75) is 35.9 Å². The lowest BCUT2D eigenvalue weighted by Crippen LogP contribution is -2.08. The maximum atomic E-state index is 11.2. The van der Waals surface area contributed by atoms with E-state index in [1.807, 2.05) is 73.7 Å². The van der Waals surface area contributed by atoms with Gasteiger partial charge in [-0.1, -0.05) is 52.9 Å². The molecule has 2 aliphatic carbocycles. The maximum absolute atomic E-state index is 11.2. The molecule has 1 N–H and O–H groups in total. The van der Waals surface area contributed by atoms with Crippen LogP contribution in [0.2, 0.25) is 0 Å². The van der Waals surface area contributed by atoms with E-state index in [1.54, 1.807) is 0 Å². The van der Waals surface area contributed by atoms with Crippen LogP contribution >= 0.6 is 22.6 Å². The molecule has 0 bridgehead atoms. The Hall–Kier alpha value is -2.48. The standard InChI is InChI=1S/C24H23IO5/c1-15(16-7-5-10-18(13-16)29-17-8-3-2-4-9-17)28-19-11-6-12-20(14-19)30-23-21(22(23)25)24(26)27/h2-5,7-11,13-15,21-23H,6,12H2,1H3,(H,26,27)/t15?,21-,22-,23+/m1/s1. The Morgan fingerprint density at radius 2 is 1.90 bits per heavy atom. The number of carboxylic acid groups (broad SMARTS) is 1. The first kappa shape index (κ1) is 20.8. The Bertz CT molecular complexity index is 969. The number of halogens is 1. The van der Waals surface area contributed by atoms with Crippen LogP contribution in [0.1, 0.15) is 31.4 Å². The van der Waals surface area contributed by atoms with E-state index in [2.05, 4.69) is 22.6 Å². The van der Waals surface area contributed by atoms with Gasteiger partial charge in [-0.25, -0.2) is 0 Å². The number of hydrogen-bond donors (Lipinski definition) is 1. The van der Waals surface area contributed by atoms with Gasteiger partial charge >= 0.3 is 5.97 Å². The fourth-order valence-corrected chi connectivity index (χ4v) is 4.46. The highest BCUT2D eigenvalue weighted by Crippen LogP contribution is 2.44. The van der Waals surface area contributed by atoms with Gasteiger partial charge in [0.05, 0.1) is 3.92 Å². The second-order valence-electron chi connectivity index (χ2n) is 7.39. The molecule has 0 radical (unpaired) electrons. The molecule has 5 nitrogen and oxygen atoms in total. The zero-order valence-electron chi connectivity index (χ0n) is 16.5. The Morgan fingerprint density at radius 3 is 2.63 bits per heavy atom. The minimum Gasteiger partial charge on any atom is -0.493 e. The van der Waals surface area contributed by atoms with Gasteiger partial charge in [0.25, 0.3) is 0 Å². The van der Waals surface area contributed by atoms with Crippen LogP contribution in [0.5, 0.6) is 11.5 Å². The molecule has 4 atom stereocenters. The van der Waals surface area contributed by atoms with Crippen LogP contribution in [0.4, 0.5) is 0 Å². The topological polar surface area (TPSA) is 65.0 Å². The van der Waals surface area contributed by atoms with E-state index < -0.39 is 11.9 Å². The largest absolute Gasteiger partial charge is 0.493 e. The Morgan fingerprint density at radius 1 is 1.13 bits per heavy atom. The number of carboxylic acids is 1. The van der Waals surface area contributed by atoms with Crippen molar-refractivity contribution < 1.29 is 24.1 Å². The van der Waals surface area contributed by atoms with Crippen LogP contribution in [0.25, 0.3) is 0 Å². The molecule has 1 fully saturated rings. The molecule has 0 aromatic heterocycles. The molecule has 0 amide bonds. The van der Waals surface area contributed by atoms with E-state index in [4.69, 9.17) is 14.2 Å². The lowest BCUT2D eigenvalue weighted by molar-refractivity contribution is -0.139. The van der Waals surface area contributed by atoms with Crippen molar-refractivity contribution in [2.75, 3.05) is 0 Å². The fourth-order valence-electron chi connectivity index (χ4n) is 3.39. The highest BCUT2D eigenvalue weighted by atomic mass is 127. The number of para-hydroxylation sites is 1. The Balaban J connectivity index is 1.38. The normalized spacial score (nSPS) is 23.6. The molecule has 156 valence electrons. The molecule has 6 heteroatoms. The van der Waals surface area contributed by atoms with Crippen molar-refractivity contribution in [3.8, 4) is 11.5 Å². The monoisotopic (exact) mass is 518 g/mol. The summed E-state index contributed by atoms with van der Waals surface area (Å²) in [7, 11) is 0. The summed E-state index contributed by atoms with van der Waals surface area (Å²) < 4.78 is 18.0.